The van der Waals surface area contributed by atoms with E-state index in [4.69, 9.17) is 10.00 Å². The molecule has 0 aliphatic rings. The van der Waals surface area contributed by atoms with Gasteiger partial charge in [0.2, 0.25) is 0 Å². The van der Waals surface area contributed by atoms with E-state index in [0.29, 0.717) is 17.9 Å². The summed E-state index contributed by atoms with van der Waals surface area (Å²) in [6.45, 7) is 2.66. The Labute approximate surface area is 123 Å². The highest BCUT2D eigenvalue weighted by Gasteiger charge is 2.11. The van der Waals surface area contributed by atoms with Crippen molar-refractivity contribution in [2.24, 2.45) is 7.05 Å². The quantitative estimate of drug-likeness (QED) is 0.844. The van der Waals surface area contributed by atoms with E-state index in [-0.39, 0.29) is 12.0 Å². The molecule has 108 valence electrons. The molecule has 1 aromatic carbocycles. The van der Waals surface area contributed by atoms with Gasteiger partial charge in [-0.15, -0.1) is 0 Å². The molecule has 0 aliphatic heterocycles. The summed E-state index contributed by atoms with van der Waals surface area (Å²) in [5.74, 6) is 0.730. The molecule has 2 rings (SSSR count). The Kier molecular flexibility index (Phi) is 4.72. The van der Waals surface area contributed by atoms with Crippen LogP contribution in [0.5, 0.6) is 5.75 Å². The summed E-state index contributed by atoms with van der Waals surface area (Å²) < 4.78 is 6.98. The van der Waals surface area contributed by atoms with Gasteiger partial charge in [-0.25, -0.2) is 4.68 Å². The monoisotopic (exact) mass is 283 g/mol. The van der Waals surface area contributed by atoms with Crippen LogP contribution in [0.3, 0.4) is 0 Å². The first kappa shape index (κ1) is 14.8. The molecular weight excluding hydrogens is 266 g/mol. The fourth-order valence-electron chi connectivity index (χ4n) is 2.03. The van der Waals surface area contributed by atoms with E-state index in [2.05, 4.69) is 5.10 Å². The Bertz CT molecular complexity index is 729. The van der Waals surface area contributed by atoms with Crippen LogP contribution in [-0.2, 0) is 13.5 Å². The van der Waals surface area contributed by atoms with Crippen molar-refractivity contribution < 1.29 is 4.74 Å². The van der Waals surface area contributed by atoms with Gasteiger partial charge in [0.15, 0.2) is 0 Å². The molecule has 0 unspecified atom stereocenters. The van der Waals surface area contributed by atoms with E-state index in [1.54, 1.807) is 13.1 Å². The van der Waals surface area contributed by atoms with Gasteiger partial charge in [-0.05, 0) is 24.6 Å². The molecular formula is C16H17N3O2. The van der Waals surface area contributed by atoms with E-state index in [9.17, 15) is 4.79 Å². The maximum absolute atomic E-state index is 11.9. The Hall–Kier alpha value is -2.61. The maximum Gasteiger partial charge on any atom is 0.270 e. The molecule has 1 heterocycles. The number of aromatic nitrogens is 2. The number of rotatable bonds is 5. The Balaban J connectivity index is 2.52. The van der Waals surface area contributed by atoms with Gasteiger partial charge in [0, 0.05) is 18.2 Å². The van der Waals surface area contributed by atoms with Crippen LogP contribution < -0.4 is 10.3 Å². The molecule has 21 heavy (non-hydrogen) atoms. The van der Waals surface area contributed by atoms with Gasteiger partial charge in [0.05, 0.1) is 24.8 Å². The number of aryl methyl sites for hydroxylation is 1. The van der Waals surface area contributed by atoms with Crippen LogP contribution in [0.15, 0.2) is 35.1 Å². The van der Waals surface area contributed by atoms with Gasteiger partial charge in [0.25, 0.3) is 5.56 Å². The summed E-state index contributed by atoms with van der Waals surface area (Å²) in [4.78, 5) is 11.9. The molecule has 0 N–H and O–H groups in total. The van der Waals surface area contributed by atoms with E-state index in [1.807, 2.05) is 37.3 Å². The lowest BCUT2D eigenvalue weighted by atomic mass is 10.1. The highest BCUT2D eigenvalue weighted by atomic mass is 16.5. The third-order valence-electron chi connectivity index (χ3n) is 3.03. The molecule has 0 fully saturated rings. The molecule has 0 saturated heterocycles. The molecule has 5 heteroatoms. The zero-order chi connectivity index (χ0) is 15.2. The van der Waals surface area contributed by atoms with Gasteiger partial charge in [-0.3, -0.25) is 4.79 Å². The third kappa shape index (κ3) is 3.29. The summed E-state index contributed by atoms with van der Waals surface area (Å²) in [5, 5.41) is 13.1. The first-order valence-electron chi connectivity index (χ1n) is 6.83. The molecule has 0 atom stereocenters. The molecule has 1 aromatic heterocycles. The topological polar surface area (TPSA) is 67.9 Å². The molecule has 5 nitrogen and oxygen atoms in total. The van der Waals surface area contributed by atoms with Crippen LogP contribution in [0.1, 0.15) is 18.9 Å². The van der Waals surface area contributed by atoms with Crippen molar-refractivity contribution in [1.82, 2.24) is 9.78 Å². The second-order valence-corrected chi connectivity index (χ2v) is 4.66. The summed E-state index contributed by atoms with van der Waals surface area (Å²) in [6.07, 6.45) is 0.981. The summed E-state index contributed by atoms with van der Waals surface area (Å²) in [6, 6.07) is 11.2. The first-order valence-corrected chi connectivity index (χ1v) is 6.83. The second-order valence-electron chi connectivity index (χ2n) is 4.66. The van der Waals surface area contributed by atoms with Crippen LogP contribution in [0, 0.1) is 11.3 Å². The van der Waals surface area contributed by atoms with Gasteiger partial charge in [-0.2, -0.15) is 10.4 Å². The number of ether oxygens (including phenoxy) is 1. The van der Waals surface area contributed by atoms with Crippen molar-refractivity contribution in [3.05, 3.63) is 46.2 Å². The predicted molar refractivity (Wildman–Crippen MR) is 80.0 cm³/mol. The van der Waals surface area contributed by atoms with Crippen LogP contribution in [0.4, 0.5) is 0 Å². The van der Waals surface area contributed by atoms with Crippen molar-refractivity contribution in [2.45, 2.75) is 19.8 Å². The van der Waals surface area contributed by atoms with Crippen molar-refractivity contribution in [3.8, 4) is 23.1 Å². The number of hydrogen-bond acceptors (Lipinski definition) is 4. The number of hydrogen-bond donors (Lipinski definition) is 0. The van der Waals surface area contributed by atoms with E-state index >= 15 is 0 Å². The SMILES string of the molecule is CCCOc1ccccc1-c1cc(CC#N)c(=O)n(C)n1. The van der Waals surface area contributed by atoms with Crippen molar-refractivity contribution in [2.75, 3.05) is 6.61 Å². The van der Waals surface area contributed by atoms with Crippen LogP contribution in [-0.4, -0.2) is 16.4 Å². The smallest absolute Gasteiger partial charge is 0.270 e. The number of para-hydroxylation sites is 1. The summed E-state index contributed by atoms with van der Waals surface area (Å²) in [5.41, 5.74) is 1.65. The second kappa shape index (κ2) is 6.71. The number of nitriles is 1. The maximum atomic E-state index is 11.9. The third-order valence-corrected chi connectivity index (χ3v) is 3.03. The average molecular weight is 283 g/mol. The lowest BCUT2D eigenvalue weighted by molar-refractivity contribution is 0.318. The minimum absolute atomic E-state index is 0.0696. The fourth-order valence-corrected chi connectivity index (χ4v) is 2.03. The van der Waals surface area contributed by atoms with Crippen molar-refractivity contribution in [3.63, 3.8) is 0 Å². The molecule has 0 radical (unpaired) electrons. The Morgan fingerprint density at radius 1 is 1.38 bits per heavy atom. The zero-order valence-electron chi connectivity index (χ0n) is 12.2. The fraction of sp³-hybridized carbons (Fsp3) is 0.312. The highest BCUT2D eigenvalue weighted by molar-refractivity contribution is 5.67. The number of nitrogens with zero attached hydrogens (tertiary/aromatic N) is 3. The van der Waals surface area contributed by atoms with Crippen LogP contribution in [0.2, 0.25) is 0 Å². The van der Waals surface area contributed by atoms with E-state index in [1.165, 1.54) is 4.68 Å². The molecule has 2 aromatic rings. The predicted octanol–water partition coefficient (Wildman–Crippen LogP) is 2.30. The summed E-state index contributed by atoms with van der Waals surface area (Å²) >= 11 is 0. The van der Waals surface area contributed by atoms with Crippen molar-refractivity contribution in [1.29, 1.82) is 5.26 Å². The lowest BCUT2D eigenvalue weighted by Gasteiger charge is -2.11. The van der Waals surface area contributed by atoms with E-state index in [0.717, 1.165) is 17.7 Å². The van der Waals surface area contributed by atoms with Gasteiger partial charge in [0.1, 0.15) is 5.75 Å². The molecule has 0 saturated carbocycles. The highest BCUT2D eigenvalue weighted by Crippen LogP contribution is 2.28. The average Bonchev–Trinajstić information content (AvgIpc) is 2.50. The van der Waals surface area contributed by atoms with E-state index < -0.39 is 0 Å². The Morgan fingerprint density at radius 3 is 2.86 bits per heavy atom. The van der Waals surface area contributed by atoms with Crippen LogP contribution in [0.25, 0.3) is 11.3 Å². The largest absolute Gasteiger partial charge is 0.493 e. The first-order chi connectivity index (χ1) is 10.2. The Morgan fingerprint density at radius 2 is 2.14 bits per heavy atom. The van der Waals surface area contributed by atoms with Crippen LogP contribution >= 0.6 is 0 Å². The number of benzene rings is 1. The van der Waals surface area contributed by atoms with Gasteiger partial charge < -0.3 is 4.74 Å². The minimum Gasteiger partial charge on any atom is -0.493 e. The minimum atomic E-state index is -0.243. The van der Waals surface area contributed by atoms with Gasteiger partial charge >= 0.3 is 0 Å². The summed E-state index contributed by atoms with van der Waals surface area (Å²) in [7, 11) is 1.59. The standard InChI is InChI=1S/C16H17N3O2/c1-3-10-21-15-7-5-4-6-13(15)14-11-12(8-9-17)16(20)19(2)18-14/h4-7,11H,3,8,10H2,1-2H3. The lowest BCUT2D eigenvalue weighted by Crippen LogP contribution is -2.23. The molecule has 0 amide bonds. The molecule has 0 bridgehead atoms. The molecule has 0 spiro atoms. The van der Waals surface area contributed by atoms with Crippen molar-refractivity contribution >= 4 is 0 Å². The normalized spacial score (nSPS) is 10.1. The van der Waals surface area contributed by atoms with Gasteiger partial charge in [-0.1, -0.05) is 19.1 Å². The zero-order valence-corrected chi connectivity index (χ0v) is 12.2. The molecule has 0 aliphatic carbocycles.